The Hall–Kier alpha value is 0.0500. The van der Waals surface area contributed by atoms with Gasteiger partial charge >= 0.3 is 0 Å². The molecule has 0 fully saturated rings. The van der Waals surface area contributed by atoms with Gasteiger partial charge in [0.2, 0.25) is 5.91 Å². The molecule has 2 nitrogen and oxygen atoms in total. The van der Waals surface area contributed by atoms with Crippen LogP contribution < -0.4 is 5.32 Å². The van der Waals surface area contributed by atoms with Gasteiger partial charge in [0.05, 0.1) is 0 Å². The van der Waals surface area contributed by atoms with Crippen LogP contribution in [0.25, 0.3) is 0 Å². The van der Waals surface area contributed by atoms with Gasteiger partial charge in [0.1, 0.15) is 0 Å². The lowest BCUT2D eigenvalue weighted by molar-refractivity contribution is -0.118. The van der Waals surface area contributed by atoms with Gasteiger partial charge in [-0.25, -0.2) is 0 Å². The van der Waals surface area contributed by atoms with Crippen molar-refractivity contribution in [2.75, 3.05) is 18.8 Å². The van der Waals surface area contributed by atoms with Crippen molar-refractivity contribution in [3.63, 3.8) is 0 Å². The standard InChI is InChI=1S/C3H7NO.C2H4Cl2/c1-3(5)4-2;3-1-2-4/h1-2H3,(H,4,5);1-2H2. The van der Waals surface area contributed by atoms with Crippen LogP contribution in [0, 0.1) is 0 Å². The molecule has 0 spiro atoms. The Bertz CT molecular complexity index is 66.0. The molecule has 0 saturated heterocycles. The third-order valence-corrected chi connectivity index (χ3v) is 0.995. The van der Waals surface area contributed by atoms with E-state index in [1.165, 1.54) is 6.92 Å². The third kappa shape index (κ3) is 31.7. The summed E-state index contributed by atoms with van der Waals surface area (Å²) >= 11 is 10.1. The maximum atomic E-state index is 9.70. The van der Waals surface area contributed by atoms with Crippen LogP contribution in [0.4, 0.5) is 0 Å². The molecule has 0 aliphatic carbocycles. The van der Waals surface area contributed by atoms with Crippen molar-refractivity contribution < 1.29 is 4.79 Å². The quantitative estimate of drug-likeness (QED) is 0.592. The van der Waals surface area contributed by atoms with E-state index in [1.807, 2.05) is 0 Å². The van der Waals surface area contributed by atoms with Crippen molar-refractivity contribution in [3.05, 3.63) is 0 Å². The second-order valence-electron chi connectivity index (χ2n) is 1.18. The first-order valence-electron chi connectivity index (χ1n) is 2.49. The molecule has 0 atom stereocenters. The summed E-state index contributed by atoms with van der Waals surface area (Å²) in [7, 11) is 1.60. The average Bonchev–Trinajstić information content (AvgIpc) is 1.89. The summed E-state index contributed by atoms with van der Waals surface area (Å²) < 4.78 is 0. The number of nitrogens with one attached hydrogen (secondary N) is 1. The lowest BCUT2D eigenvalue weighted by Crippen LogP contribution is -2.11. The lowest BCUT2D eigenvalue weighted by atomic mass is 10.7. The Labute approximate surface area is 65.5 Å². The molecular formula is C5H11Cl2NO. The number of halogens is 2. The third-order valence-electron chi connectivity index (χ3n) is 0.423. The molecule has 0 aromatic rings. The van der Waals surface area contributed by atoms with Crippen LogP contribution in [0.1, 0.15) is 6.92 Å². The fraction of sp³-hybridized carbons (Fsp3) is 0.800. The Morgan fingerprint density at radius 2 is 1.67 bits per heavy atom. The highest BCUT2D eigenvalue weighted by Crippen LogP contribution is 1.75. The lowest BCUT2D eigenvalue weighted by Gasteiger charge is -1.80. The summed E-state index contributed by atoms with van der Waals surface area (Å²) in [6, 6.07) is 0. The van der Waals surface area contributed by atoms with Crippen LogP contribution in [0.2, 0.25) is 0 Å². The predicted octanol–water partition coefficient (Wildman–Crippen LogP) is 1.22. The van der Waals surface area contributed by atoms with Crippen molar-refractivity contribution in [2.24, 2.45) is 0 Å². The van der Waals surface area contributed by atoms with Gasteiger partial charge in [-0.2, -0.15) is 0 Å². The van der Waals surface area contributed by atoms with E-state index in [-0.39, 0.29) is 5.91 Å². The molecule has 9 heavy (non-hydrogen) atoms. The fourth-order valence-electron chi connectivity index (χ4n) is 0. The molecule has 0 aliphatic heterocycles. The number of hydrogen-bond donors (Lipinski definition) is 1. The topological polar surface area (TPSA) is 29.1 Å². The fourth-order valence-corrected chi connectivity index (χ4v) is 0. The van der Waals surface area contributed by atoms with Crippen LogP contribution in [0.5, 0.6) is 0 Å². The zero-order valence-electron chi connectivity index (χ0n) is 5.58. The van der Waals surface area contributed by atoms with Gasteiger partial charge in [-0.3, -0.25) is 4.79 Å². The summed E-state index contributed by atoms with van der Waals surface area (Å²) in [5, 5.41) is 2.39. The molecule has 0 heterocycles. The van der Waals surface area contributed by atoms with Crippen LogP contribution in [0.15, 0.2) is 0 Å². The summed E-state index contributed by atoms with van der Waals surface area (Å²) in [4.78, 5) is 9.70. The number of alkyl halides is 2. The first kappa shape index (κ1) is 11.8. The van der Waals surface area contributed by atoms with Gasteiger partial charge in [-0.05, 0) is 0 Å². The van der Waals surface area contributed by atoms with E-state index in [4.69, 9.17) is 23.2 Å². The second kappa shape index (κ2) is 10.9. The minimum absolute atomic E-state index is 0.00463. The molecule has 4 heteroatoms. The highest BCUT2D eigenvalue weighted by atomic mass is 35.5. The largest absolute Gasteiger partial charge is 0.359 e. The SMILES string of the molecule is CNC(C)=O.ClCCCl. The predicted molar refractivity (Wildman–Crippen MR) is 41.2 cm³/mol. The smallest absolute Gasteiger partial charge is 0.216 e. The Balaban J connectivity index is 0. The number of carbonyl (C=O) groups is 1. The summed E-state index contributed by atoms with van der Waals surface area (Å²) in [6.07, 6.45) is 0. The molecule has 1 amide bonds. The minimum atomic E-state index is 0.00463. The molecule has 0 saturated carbocycles. The maximum absolute atomic E-state index is 9.70. The number of carbonyl (C=O) groups excluding carboxylic acids is 1. The first-order chi connectivity index (χ1) is 4.18. The molecule has 56 valence electrons. The van der Waals surface area contributed by atoms with E-state index in [0.717, 1.165) is 0 Å². The zero-order valence-corrected chi connectivity index (χ0v) is 7.09. The molecule has 0 radical (unpaired) electrons. The number of rotatable bonds is 1. The van der Waals surface area contributed by atoms with Gasteiger partial charge in [0, 0.05) is 25.7 Å². The van der Waals surface area contributed by atoms with E-state index in [9.17, 15) is 4.79 Å². The van der Waals surface area contributed by atoms with Crippen LogP contribution in [-0.4, -0.2) is 24.7 Å². The highest BCUT2D eigenvalue weighted by molar-refractivity contribution is 6.25. The molecule has 1 N–H and O–H groups in total. The number of hydrogen-bond acceptors (Lipinski definition) is 1. The van der Waals surface area contributed by atoms with Gasteiger partial charge in [-0.1, -0.05) is 0 Å². The van der Waals surface area contributed by atoms with E-state index >= 15 is 0 Å². The van der Waals surface area contributed by atoms with Crippen molar-refractivity contribution in [1.29, 1.82) is 0 Å². The van der Waals surface area contributed by atoms with E-state index < -0.39 is 0 Å². The maximum Gasteiger partial charge on any atom is 0.216 e. The van der Waals surface area contributed by atoms with Crippen LogP contribution in [-0.2, 0) is 4.79 Å². The molecular weight excluding hydrogens is 161 g/mol. The summed E-state index contributed by atoms with van der Waals surface area (Å²) in [6.45, 7) is 1.47. The van der Waals surface area contributed by atoms with Crippen molar-refractivity contribution in [2.45, 2.75) is 6.92 Å². The Morgan fingerprint density at radius 1 is 1.44 bits per heavy atom. The monoisotopic (exact) mass is 171 g/mol. The van der Waals surface area contributed by atoms with Crippen LogP contribution >= 0.6 is 23.2 Å². The molecule has 0 aromatic heterocycles. The molecule has 0 aromatic carbocycles. The van der Waals surface area contributed by atoms with E-state index in [0.29, 0.717) is 11.8 Å². The van der Waals surface area contributed by atoms with Gasteiger partial charge < -0.3 is 5.32 Å². The summed E-state index contributed by atoms with van der Waals surface area (Å²) in [5.74, 6) is 1.12. The molecule has 0 unspecified atom stereocenters. The molecule has 0 rings (SSSR count). The Morgan fingerprint density at radius 3 is 1.67 bits per heavy atom. The van der Waals surface area contributed by atoms with E-state index in [2.05, 4.69) is 5.32 Å². The van der Waals surface area contributed by atoms with Crippen molar-refractivity contribution >= 4 is 29.1 Å². The number of amides is 1. The highest BCUT2D eigenvalue weighted by Gasteiger charge is 1.72. The van der Waals surface area contributed by atoms with Gasteiger partial charge in [0.15, 0.2) is 0 Å². The summed E-state index contributed by atoms with van der Waals surface area (Å²) in [5.41, 5.74) is 0. The van der Waals surface area contributed by atoms with Gasteiger partial charge in [0.25, 0.3) is 0 Å². The Kier molecular flexibility index (Phi) is 14.3. The zero-order chi connectivity index (χ0) is 7.70. The van der Waals surface area contributed by atoms with Gasteiger partial charge in [-0.15, -0.1) is 23.2 Å². The first-order valence-corrected chi connectivity index (χ1v) is 3.56. The minimum Gasteiger partial charge on any atom is -0.359 e. The van der Waals surface area contributed by atoms with E-state index in [1.54, 1.807) is 7.05 Å². The average molecular weight is 172 g/mol. The normalized spacial score (nSPS) is 7.11. The van der Waals surface area contributed by atoms with Crippen molar-refractivity contribution in [3.8, 4) is 0 Å². The molecule has 0 aliphatic rings. The van der Waals surface area contributed by atoms with Crippen molar-refractivity contribution in [1.82, 2.24) is 5.32 Å². The second-order valence-corrected chi connectivity index (χ2v) is 1.94. The van der Waals surface area contributed by atoms with Crippen LogP contribution in [0.3, 0.4) is 0 Å². The molecule has 0 bridgehead atoms.